The van der Waals surface area contributed by atoms with Crippen LogP contribution in [0.2, 0.25) is 5.02 Å². The predicted octanol–water partition coefficient (Wildman–Crippen LogP) is 2.44. The van der Waals surface area contributed by atoms with Crippen LogP contribution in [0.1, 0.15) is 20.3 Å². The highest BCUT2D eigenvalue weighted by atomic mass is 35.5. The summed E-state index contributed by atoms with van der Waals surface area (Å²) in [5.41, 5.74) is 0.139. The number of piperazine rings is 1. The standard InChI is InChI=1S/C18H27ClFN3O2/c1-13(2)10-23-7-6-22(11-15(23)5-8-24)12-18(25)21-17-4-3-14(19)9-16(17)20/h3-4,9,13,15,24H,5-8,10-12H2,1-2H3,(H,21,25)/t15-/m1/s1. The second kappa shape index (κ2) is 9.48. The SMILES string of the molecule is CC(C)CN1CCN(CC(=O)Nc2ccc(Cl)cc2F)C[C@H]1CCO. The van der Waals surface area contributed by atoms with Crippen molar-refractivity contribution in [1.82, 2.24) is 9.80 Å². The quantitative estimate of drug-likeness (QED) is 0.773. The van der Waals surface area contributed by atoms with Crippen molar-refractivity contribution >= 4 is 23.2 Å². The van der Waals surface area contributed by atoms with Crippen molar-refractivity contribution in [3.8, 4) is 0 Å². The van der Waals surface area contributed by atoms with Gasteiger partial charge in [-0.2, -0.15) is 0 Å². The Morgan fingerprint density at radius 3 is 2.84 bits per heavy atom. The minimum atomic E-state index is -0.541. The van der Waals surface area contributed by atoms with E-state index in [1.54, 1.807) is 6.07 Å². The van der Waals surface area contributed by atoms with Gasteiger partial charge in [0, 0.05) is 43.9 Å². The Morgan fingerprint density at radius 1 is 1.44 bits per heavy atom. The molecule has 1 heterocycles. The Labute approximate surface area is 153 Å². The predicted molar refractivity (Wildman–Crippen MR) is 98.4 cm³/mol. The number of hydrogen-bond donors (Lipinski definition) is 2. The van der Waals surface area contributed by atoms with Crippen LogP contribution >= 0.6 is 11.6 Å². The highest BCUT2D eigenvalue weighted by Gasteiger charge is 2.28. The highest BCUT2D eigenvalue weighted by Crippen LogP contribution is 2.19. The molecule has 2 N–H and O–H groups in total. The fourth-order valence-electron chi connectivity index (χ4n) is 3.22. The van der Waals surface area contributed by atoms with E-state index in [-0.39, 0.29) is 30.8 Å². The molecule has 1 aromatic rings. The third-order valence-electron chi connectivity index (χ3n) is 4.32. The van der Waals surface area contributed by atoms with Gasteiger partial charge in [-0.15, -0.1) is 0 Å². The Kier molecular flexibility index (Phi) is 7.62. The highest BCUT2D eigenvalue weighted by molar-refractivity contribution is 6.30. The van der Waals surface area contributed by atoms with E-state index >= 15 is 0 Å². The second-order valence-corrected chi connectivity index (χ2v) is 7.40. The van der Waals surface area contributed by atoms with Crippen molar-refractivity contribution in [2.24, 2.45) is 5.92 Å². The Bertz CT molecular complexity index is 585. The fraction of sp³-hybridized carbons (Fsp3) is 0.611. The van der Waals surface area contributed by atoms with Crippen molar-refractivity contribution in [3.63, 3.8) is 0 Å². The summed E-state index contributed by atoms with van der Waals surface area (Å²) in [5.74, 6) is -0.231. The first-order valence-corrected chi connectivity index (χ1v) is 9.09. The van der Waals surface area contributed by atoms with Gasteiger partial charge in [-0.3, -0.25) is 14.6 Å². The number of carbonyl (C=O) groups is 1. The number of anilines is 1. The van der Waals surface area contributed by atoms with Gasteiger partial charge in [0.25, 0.3) is 0 Å². The van der Waals surface area contributed by atoms with Gasteiger partial charge < -0.3 is 10.4 Å². The van der Waals surface area contributed by atoms with Gasteiger partial charge in [0.15, 0.2) is 0 Å². The molecule has 0 spiro atoms. The minimum absolute atomic E-state index is 0.134. The Morgan fingerprint density at radius 2 is 2.20 bits per heavy atom. The zero-order valence-corrected chi connectivity index (χ0v) is 15.6. The van der Waals surface area contributed by atoms with Gasteiger partial charge in [0.1, 0.15) is 5.82 Å². The maximum Gasteiger partial charge on any atom is 0.238 e. The molecule has 1 aliphatic rings. The van der Waals surface area contributed by atoms with Crippen LogP contribution in [0.3, 0.4) is 0 Å². The van der Waals surface area contributed by atoms with Crippen molar-refractivity contribution < 1.29 is 14.3 Å². The molecule has 0 aliphatic carbocycles. The minimum Gasteiger partial charge on any atom is -0.396 e. The van der Waals surface area contributed by atoms with Gasteiger partial charge in [0.2, 0.25) is 5.91 Å². The van der Waals surface area contributed by atoms with E-state index in [0.29, 0.717) is 17.4 Å². The van der Waals surface area contributed by atoms with Crippen molar-refractivity contribution in [3.05, 3.63) is 29.0 Å². The van der Waals surface area contributed by atoms with Crippen molar-refractivity contribution in [2.75, 3.05) is 44.6 Å². The lowest BCUT2D eigenvalue weighted by Crippen LogP contribution is -2.55. The topological polar surface area (TPSA) is 55.8 Å². The van der Waals surface area contributed by atoms with Crippen molar-refractivity contribution in [1.29, 1.82) is 0 Å². The Balaban J connectivity index is 1.90. The van der Waals surface area contributed by atoms with Crippen LogP contribution in [0.25, 0.3) is 0 Å². The normalized spacial score (nSPS) is 19.4. The summed E-state index contributed by atoms with van der Waals surface area (Å²) < 4.78 is 13.8. The number of halogens is 2. The van der Waals surface area contributed by atoms with E-state index in [4.69, 9.17) is 11.6 Å². The van der Waals surface area contributed by atoms with Crippen LogP contribution in [0.5, 0.6) is 0 Å². The first-order chi connectivity index (χ1) is 11.9. The number of nitrogens with zero attached hydrogens (tertiary/aromatic N) is 2. The van der Waals surface area contributed by atoms with Crippen LogP contribution in [0.4, 0.5) is 10.1 Å². The summed E-state index contributed by atoms with van der Waals surface area (Å²) in [6.07, 6.45) is 0.691. The Hall–Kier alpha value is -1.21. The molecule has 0 bridgehead atoms. The maximum absolute atomic E-state index is 13.8. The lowest BCUT2D eigenvalue weighted by Gasteiger charge is -2.42. The molecule has 1 fully saturated rings. The van der Waals surface area contributed by atoms with E-state index in [1.807, 2.05) is 0 Å². The van der Waals surface area contributed by atoms with Gasteiger partial charge in [0.05, 0.1) is 12.2 Å². The molecule has 2 rings (SSSR count). The first-order valence-electron chi connectivity index (χ1n) is 8.71. The van der Waals surface area contributed by atoms with Gasteiger partial charge in [-0.05, 0) is 30.5 Å². The first kappa shape index (κ1) is 20.1. The lowest BCUT2D eigenvalue weighted by molar-refractivity contribution is -0.118. The molecular formula is C18H27ClFN3O2. The zero-order chi connectivity index (χ0) is 18.4. The molecule has 25 heavy (non-hydrogen) atoms. The van der Waals surface area contributed by atoms with E-state index < -0.39 is 5.82 Å². The molecule has 0 saturated carbocycles. The number of benzene rings is 1. The number of aliphatic hydroxyl groups is 1. The van der Waals surface area contributed by atoms with Crippen LogP contribution in [-0.4, -0.2) is 66.2 Å². The number of nitrogens with one attached hydrogen (secondary N) is 1. The van der Waals surface area contributed by atoms with Crippen molar-refractivity contribution in [2.45, 2.75) is 26.3 Å². The summed E-state index contributed by atoms with van der Waals surface area (Å²) in [5, 5.41) is 12.2. The van der Waals surface area contributed by atoms with Gasteiger partial charge in [-0.1, -0.05) is 25.4 Å². The lowest BCUT2D eigenvalue weighted by atomic mass is 10.1. The molecule has 0 aromatic heterocycles. The molecule has 140 valence electrons. The summed E-state index contributed by atoms with van der Waals surface area (Å²) in [7, 11) is 0. The van der Waals surface area contributed by atoms with Crippen LogP contribution in [-0.2, 0) is 4.79 Å². The maximum atomic E-state index is 13.8. The summed E-state index contributed by atoms with van der Waals surface area (Å²) in [4.78, 5) is 16.7. The molecule has 7 heteroatoms. The molecule has 1 saturated heterocycles. The summed E-state index contributed by atoms with van der Waals surface area (Å²) >= 11 is 5.72. The third kappa shape index (κ3) is 6.22. The average Bonchev–Trinajstić information content (AvgIpc) is 2.52. The number of aliphatic hydroxyl groups excluding tert-OH is 1. The molecule has 5 nitrogen and oxygen atoms in total. The second-order valence-electron chi connectivity index (χ2n) is 6.96. The number of rotatable bonds is 7. The zero-order valence-electron chi connectivity index (χ0n) is 14.8. The van der Waals surface area contributed by atoms with E-state index in [1.165, 1.54) is 12.1 Å². The molecule has 1 amide bonds. The molecule has 0 unspecified atom stereocenters. The van der Waals surface area contributed by atoms with E-state index in [2.05, 4.69) is 29.0 Å². The van der Waals surface area contributed by atoms with Crippen LogP contribution in [0.15, 0.2) is 18.2 Å². The summed E-state index contributed by atoms with van der Waals surface area (Å²) in [6, 6.07) is 4.42. The number of carbonyl (C=O) groups excluding carboxylic acids is 1. The monoisotopic (exact) mass is 371 g/mol. The fourth-order valence-corrected chi connectivity index (χ4v) is 3.38. The van der Waals surface area contributed by atoms with Gasteiger partial charge in [-0.25, -0.2) is 4.39 Å². The largest absolute Gasteiger partial charge is 0.396 e. The van der Waals surface area contributed by atoms with Crippen LogP contribution < -0.4 is 5.32 Å². The summed E-state index contributed by atoms with van der Waals surface area (Å²) in [6.45, 7) is 8.06. The molecule has 1 aromatic carbocycles. The molecule has 1 atom stereocenters. The average molecular weight is 372 g/mol. The van der Waals surface area contributed by atoms with E-state index in [0.717, 1.165) is 26.2 Å². The van der Waals surface area contributed by atoms with Gasteiger partial charge >= 0.3 is 0 Å². The number of amides is 1. The third-order valence-corrected chi connectivity index (χ3v) is 4.56. The smallest absolute Gasteiger partial charge is 0.238 e. The van der Waals surface area contributed by atoms with Crippen LogP contribution in [0, 0.1) is 11.7 Å². The molecule has 0 radical (unpaired) electrons. The number of hydrogen-bond acceptors (Lipinski definition) is 4. The van der Waals surface area contributed by atoms with E-state index in [9.17, 15) is 14.3 Å². The molecule has 1 aliphatic heterocycles. The molecular weight excluding hydrogens is 345 g/mol.